The van der Waals surface area contributed by atoms with Gasteiger partial charge in [0.15, 0.2) is 0 Å². The molecule has 1 amide bonds. The van der Waals surface area contributed by atoms with E-state index in [9.17, 15) is 9.90 Å². The van der Waals surface area contributed by atoms with Crippen molar-refractivity contribution in [2.45, 2.75) is 12.5 Å². The summed E-state index contributed by atoms with van der Waals surface area (Å²) in [5.41, 5.74) is 2.58. The molecule has 0 spiro atoms. The van der Waals surface area contributed by atoms with Gasteiger partial charge >= 0.3 is 0 Å². The number of pyridine rings is 1. The third-order valence-electron chi connectivity index (χ3n) is 4.51. The highest BCUT2D eigenvalue weighted by atomic mass is 35.5. The largest absolute Gasteiger partial charge is 0.508 e. The first-order valence-electron chi connectivity index (χ1n) is 8.49. The van der Waals surface area contributed by atoms with E-state index in [0.29, 0.717) is 22.6 Å². The number of benzene rings is 2. The van der Waals surface area contributed by atoms with E-state index in [1.807, 2.05) is 18.2 Å². The fourth-order valence-corrected chi connectivity index (χ4v) is 3.39. The number of rotatable bonds is 3. The first-order valence-corrected chi connectivity index (χ1v) is 8.87. The number of aromatic nitrogens is 1. The van der Waals surface area contributed by atoms with Crippen LogP contribution in [0.1, 0.15) is 33.9 Å². The molecule has 1 atom stereocenters. The van der Waals surface area contributed by atoms with Gasteiger partial charge in [-0.15, -0.1) is 0 Å². The Labute approximate surface area is 161 Å². The maximum atomic E-state index is 13.2. The van der Waals surface area contributed by atoms with Crippen LogP contribution in [0.25, 0.3) is 0 Å². The van der Waals surface area contributed by atoms with Crippen LogP contribution in [-0.2, 0) is 0 Å². The number of phenolic OH excluding ortho intramolecular Hbond substituents is 1. The molecule has 2 aromatic carbocycles. The summed E-state index contributed by atoms with van der Waals surface area (Å²) in [6, 6.07) is 17.2. The molecule has 0 aliphatic carbocycles. The van der Waals surface area contributed by atoms with Gasteiger partial charge in [-0.05, 0) is 24.3 Å². The quantitative estimate of drug-likeness (QED) is 0.734. The van der Waals surface area contributed by atoms with Crippen LogP contribution in [0.2, 0.25) is 5.02 Å². The lowest BCUT2D eigenvalue weighted by molar-refractivity contribution is 0.0710. The second-order valence-electron chi connectivity index (χ2n) is 6.20. The highest BCUT2D eigenvalue weighted by molar-refractivity contribution is 6.33. The number of phenols is 1. The number of aromatic hydroxyl groups is 1. The molecule has 0 saturated heterocycles. The maximum absolute atomic E-state index is 13.2. The molecule has 0 unspecified atom stereocenters. The van der Waals surface area contributed by atoms with Gasteiger partial charge in [-0.1, -0.05) is 48.0 Å². The van der Waals surface area contributed by atoms with Gasteiger partial charge in [-0.25, -0.2) is 5.01 Å². The summed E-state index contributed by atoms with van der Waals surface area (Å²) >= 11 is 6.22. The Morgan fingerprint density at radius 1 is 1.07 bits per heavy atom. The number of hydrogen-bond acceptors (Lipinski definition) is 4. The number of hydrogen-bond donors (Lipinski definition) is 1. The number of para-hydroxylation sites is 1. The molecule has 1 aliphatic rings. The van der Waals surface area contributed by atoms with Gasteiger partial charge in [-0.3, -0.25) is 9.78 Å². The molecule has 1 N–H and O–H groups in total. The Morgan fingerprint density at radius 2 is 1.85 bits per heavy atom. The zero-order valence-corrected chi connectivity index (χ0v) is 15.0. The molecule has 0 bridgehead atoms. The van der Waals surface area contributed by atoms with E-state index in [1.54, 1.807) is 54.9 Å². The Hall–Kier alpha value is -3.18. The minimum Gasteiger partial charge on any atom is -0.508 e. The van der Waals surface area contributed by atoms with Gasteiger partial charge in [-0.2, -0.15) is 5.10 Å². The smallest absolute Gasteiger partial charge is 0.276 e. The minimum absolute atomic E-state index is 0.127. The first-order chi connectivity index (χ1) is 13.1. The van der Waals surface area contributed by atoms with Crippen molar-refractivity contribution in [3.8, 4) is 5.75 Å². The second-order valence-corrected chi connectivity index (χ2v) is 6.60. The highest BCUT2D eigenvalue weighted by Crippen LogP contribution is 2.38. The van der Waals surface area contributed by atoms with Crippen LogP contribution in [0.3, 0.4) is 0 Å². The number of carbonyl (C=O) groups excluding carboxylic acids is 1. The molecule has 3 aromatic rings. The molecule has 0 saturated carbocycles. The molecular weight excluding hydrogens is 362 g/mol. The molecular formula is C21H16ClN3O2. The summed E-state index contributed by atoms with van der Waals surface area (Å²) < 4.78 is 0. The van der Waals surface area contributed by atoms with Gasteiger partial charge in [0, 0.05) is 29.9 Å². The molecule has 0 radical (unpaired) electrons. The maximum Gasteiger partial charge on any atom is 0.276 e. The van der Waals surface area contributed by atoms with E-state index in [2.05, 4.69) is 10.1 Å². The van der Waals surface area contributed by atoms with Gasteiger partial charge in [0.05, 0.1) is 22.3 Å². The summed E-state index contributed by atoms with van der Waals surface area (Å²) in [5, 5.41) is 16.7. The van der Waals surface area contributed by atoms with Crippen molar-refractivity contribution < 1.29 is 9.90 Å². The number of amides is 1. The van der Waals surface area contributed by atoms with Crippen molar-refractivity contribution in [1.82, 2.24) is 9.99 Å². The normalized spacial score (nSPS) is 16.3. The molecule has 1 aliphatic heterocycles. The zero-order valence-electron chi connectivity index (χ0n) is 14.3. The van der Waals surface area contributed by atoms with Crippen molar-refractivity contribution in [3.05, 3.63) is 94.8 Å². The second kappa shape index (κ2) is 7.21. The van der Waals surface area contributed by atoms with Gasteiger partial charge in [0.25, 0.3) is 5.91 Å². The topological polar surface area (TPSA) is 65.8 Å². The highest BCUT2D eigenvalue weighted by Gasteiger charge is 2.35. The van der Waals surface area contributed by atoms with E-state index in [-0.39, 0.29) is 11.7 Å². The van der Waals surface area contributed by atoms with Gasteiger partial charge in [0.2, 0.25) is 0 Å². The molecule has 1 aromatic heterocycles. The molecule has 27 heavy (non-hydrogen) atoms. The Morgan fingerprint density at radius 3 is 2.59 bits per heavy atom. The third-order valence-corrected chi connectivity index (χ3v) is 4.84. The molecule has 0 fully saturated rings. The summed E-state index contributed by atoms with van der Waals surface area (Å²) in [6.07, 6.45) is 3.87. The van der Waals surface area contributed by atoms with E-state index < -0.39 is 6.04 Å². The Balaban J connectivity index is 1.78. The summed E-state index contributed by atoms with van der Waals surface area (Å²) in [4.78, 5) is 17.3. The summed E-state index contributed by atoms with van der Waals surface area (Å²) in [7, 11) is 0. The van der Waals surface area contributed by atoms with Gasteiger partial charge < -0.3 is 5.11 Å². The van der Waals surface area contributed by atoms with Crippen LogP contribution in [0, 0.1) is 0 Å². The fraction of sp³-hybridized carbons (Fsp3) is 0.0952. The predicted molar refractivity (Wildman–Crippen MR) is 104 cm³/mol. The number of nitrogens with zero attached hydrogens (tertiary/aromatic N) is 3. The van der Waals surface area contributed by atoms with Crippen LogP contribution in [-0.4, -0.2) is 26.7 Å². The van der Waals surface area contributed by atoms with Crippen LogP contribution in [0.15, 0.2) is 78.2 Å². The van der Waals surface area contributed by atoms with E-state index in [0.717, 1.165) is 11.3 Å². The lowest BCUT2D eigenvalue weighted by Crippen LogP contribution is -2.27. The zero-order chi connectivity index (χ0) is 18.8. The fourth-order valence-electron chi connectivity index (χ4n) is 3.18. The lowest BCUT2D eigenvalue weighted by Gasteiger charge is -2.23. The van der Waals surface area contributed by atoms with Crippen molar-refractivity contribution >= 4 is 23.2 Å². The molecule has 6 heteroatoms. The number of carbonyl (C=O) groups is 1. The van der Waals surface area contributed by atoms with Crippen LogP contribution in [0.4, 0.5) is 0 Å². The van der Waals surface area contributed by atoms with Crippen molar-refractivity contribution in [1.29, 1.82) is 0 Å². The summed E-state index contributed by atoms with van der Waals surface area (Å²) in [5.74, 6) is -0.185. The third kappa shape index (κ3) is 3.29. The Bertz CT molecular complexity index is 1020. The van der Waals surface area contributed by atoms with E-state index in [1.165, 1.54) is 5.01 Å². The minimum atomic E-state index is -0.426. The Kier molecular flexibility index (Phi) is 4.60. The number of halogens is 1. The summed E-state index contributed by atoms with van der Waals surface area (Å²) in [6.45, 7) is 0. The van der Waals surface area contributed by atoms with Crippen molar-refractivity contribution in [2.24, 2.45) is 5.10 Å². The standard InChI is InChI=1S/C21H16ClN3O2/c22-17-9-3-1-7-15(17)21(27)25-19(16-8-2-4-10-20(16)26)12-18(24-25)14-6-5-11-23-13-14/h1-11,13,19,26H,12H2/t19-/m1/s1. The van der Waals surface area contributed by atoms with E-state index >= 15 is 0 Å². The number of hydrazone groups is 1. The predicted octanol–water partition coefficient (Wildman–Crippen LogP) is 4.43. The SMILES string of the molecule is O=C(c1ccccc1Cl)N1N=C(c2cccnc2)C[C@@H]1c1ccccc1O. The average Bonchev–Trinajstić information content (AvgIpc) is 3.14. The van der Waals surface area contributed by atoms with E-state index in [4.69, 9.17) is 11.6 Å². The van der Waals surface area contributed by atoms with Gasteiger partial charge in [0.1, 0.15) is 5.75 Å². The molecule has 2 heterocycles. The monoisotopic (exact) mass is 377 g/mol. The lowest BCUT2D eigenvalue weighted by atomic mass is 9.98. The van der Waals surface area contributed by atoms with Crippen molar-refractivity contribution in [3.63, 3.8) is 0 Å². The van der Waals surface area contributed by atoms with Crippen LogP contribution >= 0.6 is 11.6 Å². The van der Waals surface area contributed by atoms with Crippen LogP contribution in [0.5, 0.6) is 5.75 Å². The average molecular weight is 378 g/mol. The van der Waals surface area contributed by atoms with Crippen LogP contribution < -0.4 is 0 Å². The van der Waals surface area contributed by atoms with Crippen molar-refractivity contribution in [2.75, 3.05) is 0 Å². The molecule has 4 rings (SSSR count). The molecule has 134 valence electrons. The first kappa shape index (κ1) is 17.2. The molecule has 5 nitrogen and oxygen atoms in total.